The van der Waals surface area contributed by atoms with E-state index in [2.05, 4.69) is 53.1 Å². The van der Waals surface area contributed by atoms with E-state index in [1.54, 1.807) is 0 Å². The first kappa shape index (κ1) is 15.1. The number of carbonyl (C=O) groups is 1. The number of benzene rings is 1. The van der Waals surface area contributed by atoms with Crippen LogP contribution in [0.4, 0.5) is 5.69 Å². The number of halogens is 3. The summed E-state index contributed by atoms with van der Waals surface area (Å²) in [5.74, 6) is 0.00201. The third-order valence-corrected chi connectivity index (χ3v) is 3.84. The van der Waals surface area contributed by atoms with E-state index in [1.165, 1.54) is 0 Å². The molecule has 1 amide bonds. The van der Waals surface area contributed by atoms with Crippen LogP contribution in [0.5, 0.6) is 0 Å². The van der Waals surface area contributed by atoms with Gasteiger partial charge in [-0.1, -0.05) is 15.9 Å². The van der Waals surface area contributed by atoms with Gasteiger partial charge in [-0.15, -0.1) is 0 Å². The van der Waals surface area contributed by atoms with Gasteiger partial charge in [-0.05, 0) is 63.4 Å². The molecule has 0 unspecified atom stereocenters. The molecular formula is C11H13Br3N2O. The van der Waals surface area contributed by atoms with Crippen molar-refractivity contribution in [3.05, 3.63) is 25.6 Å². The Morgan fingerprint density at radius 1 is 1.18 bits per heavy atom. The van der Waals surface area contributed by atoms with E-state index >= 15 is 0 Å². The zero-order valence-electron chi connectivity index (χ0n) is 9.10. The minimum absolute atomic E-state index is 0.00201. The van der Waals surface area contributed by atoms with Gasteiger partial charge in [0.2, 0.25) is 5.91 Å². The lowest BCUT2D eigenvalue weighted by Crippen LogP contribution is -2.12. The molecule has 0 aliphatic rings. The first-order valence-corrected chi connectivity index (χ1v) is 7.57. The molecule has 0 aliphatic carbocycles. The fourth-order valence-corrected chi connectivity index (χ4v) is 3.75. The number of anilines is 1. The van der Waals surface area contributed by atoms with E-state index < -0.39 is 0 Å². The second-order valence-corrected chi connectivity index (χ2v) is 6.16. The van der Waals surface area contributed by atoms with E-state index in [0.717, 1.165) is 31.9 Å². The molecule has 3 nitrogen and oxygen atoms in total. The molecule has 0 fully saturated rings. The molecule has 0 heterocycles. The number of carbonyl (C=O) groups excluding carboxylic acids is 1. The molecular weight excluding hydrogens is 416 g/mol. The van der Waals surface area contributed by atoms with E-state index in [9.17, 15) is 4.79 Å². The summed E-state index contributed by atoms with van der Waals surface area (Å²) < 4.78 is 2.62. The van der Waals surface area contributed by atoms with Crippen LogP contribution in [0.15, 0.2) is 25.6 Å². The summed E-state index contributed by atoms with van der Waals surface area (Å²) in [5.41, 5.74) is 6.14. The van der Waals surface area contributed by atoms with Crippen molar-refractivity contribution in [2.45, 2.75) is 19.3 Å². The Morgan fingerprint density at radius 2 is 1.76 bits per heavy atom. The summed E-state index contributed by atoms with van der Waals surface area (Å²) in [6.07, 6.45) is 2.18. The number of amides is 1. The second kappa shape index (κ2) is 7.51. The highest BCUT2D eigenvalue weighted by molar-refractivity contribution is 9.11. The van der Waals surface area contributed by atoms with Gasteiger partial charge in [-0.2, -0.15) is 0 Å². The third-order valence-electron chi connectivity index (χ3n) is 2.13. The van der Waals surface area contributed by atoms with E-state index in [0.29, 0.717) is 13.0 Å². The van der Waals surface area contributed by atoms with E-state index in [1.807, 2.05) is 12.1 Å². The van der Waals surface area contributed by atoms with E-state index in [4.69, 9.17) is 5.73 Å². The molecule has 0 radical (unpaired) electrons. The van der Waals surface area contributed by atoms with Gasteiger partial charge < -0.3 is 11.1 Å². The lowest BCUT2D eigenvalue weighted by Gasteiger charge is -2.10. The van der Waals surface area contributed by atoms with Gasteiger partial charge in [0.05, 0.1) is 5.69 Å². The third kappa shape index (κ3) is 5.07. The molecule has 94 valence electrons. The number of nitrogens with one attached hydrogen (secondary N) is 1. The lowest BCUT2D eigenvalue weighted by molar-refractivity contribution is -0.116. The smallest absolute Gasteiger partial charge is 0.224 e. The highest BCUT2D eigenvalue weighted by Crippen LogP contribution is 2.34. The monoisotopic (exact) mass is 426 g/mol. The lowest BCUT2D eigenvalue weighted by atomic mass is 10.2. The first-order valence-electron chi connectivity index (χ1n) is 5.19. The van der Waals surface area contributed by atoms with E-state index in [-0.39, 0.29) is 5.91 Å². The highest BCUT2D eigenvalue weighted by atomic mass is 79.9. The van der Waals surface area contributed by atoms with Gasteiger partial charge >= 0.3 is 0 Å². The van der Waals surface area contributed by atoms with Crippen LogP contribution >= 0.6 is 47.8 Å². The zero-order valence-corrected chi connectivity index (χ0v) is 13.9. The molecule has 0 aliphatic heterocycles. The maximum atomic E-state index is 11.7. The Bertz CT molecular complexity index is 387. The topological polar surface area (TPSA) is 55.1 Å². The maximum absolute atomic E-state index is 11.7. The summed E-state index contributed by atoms with van der Waals surface area (Å²) in [4.78, 5) is 11.7. The predicted octanol–water partition coefficient (Wildman–Crippen LogP) is 4.04. The first-order chi connectivity index (χ1) is 8.04. The summed E-state index contributed by atoms with van der Waals surface area (Å²) in [7, 11) is 0. The summed E-state index contributed by atoms with van der Waals surface area (Å²) in [5, 5.41) is 2.87. The quantitative estimate of drug-likeness (QED) is 0.695. The number of unbranched alkanes of at least 4 members (excludes halogenated alkanes) is 1. The largest absolute Gasteiger partial charge is 0.330 e. The van der Waals surface area contributed by atoms with Crippen molar-refractivity contribution in [2.75, 3.05) is 11.9 Å². The highest BCUT2D eigenvalue weighted by Gasteiger charge is 2.10. The fourth-order valence-electron chi connectivity index (χ4n) is 1.29. The summed E-state index contributed by atoms with van der Waals surface area (Å²) in [6.45, 7) is 0.624. The van der Waals surface area contributed by atoms with Crippen LogP contribution in [0.25, 0.3) is 0 Å². The Morgan fingerprint density at radius 3 is 2.29 bits per heavy atom. The standard InChI is InChI=1S/C11H13Br3N2O/c12-7-5-8(13)11(9(14)6-7)16-10(17)3-1-2-4-15/h5-6H,1-4,15H2,(H,16,17). The molecule has 0 atom stereocenters. The van der Waals surface area contributed by atoms with Crippen LogP contribution in [0.3, 0.4) is 0 Å². The molecule has 17 heavy (non-hydrogen) atoms. The van der Waals surface area contributed by atoms with Crippen LogP contribution in [-0.4, -0.2) is 12.5 Å². The average Bonchev–Trinajstić information content (AvgIpc) is 2.24. The van der Waals surface area contributed by atoms with Gasteiger partial charge in [-0.25, -0.2) is 0 Å². The molecule has 0 saturated heterocycles. The Balaban J connectivity index is 2.65. The van der Waals surface area contributed by atoms with Crippen molar-refractivity contribution in [3.8, 4) is 0 Å². The van der Waals surface area contributed by atoms with Crippen LogP contribution in [0, 0.1) is 0 Å². The minimum Gasteiger partial charge on any atom is -0.330 e. The number of nitrogens with two attached hydrogens (primary N) is 1. The van der Waals surface area contributed by atoms with Crippen molar-refractivity contribution in [1.82, 2.24) is 0 Å². The second-order valence-electron chi connectivity index (χ2n) is 3.54. The van der Waals surface area contributed by atoms with Gasteiger partial charge in [0, 0.05) is 19.8 Å². The van der Waals surface area contributed by atoms with Crippen LogP contribution in [-0.2, 0) is 4.79 Å². The predicted molar refractivity (Wildman–Crippen MR) is 81.1 cm³/mol. The van der Waals surface area contributed by atoms with Crippen molar-refractivity contribution >= 4 is 59.4 Å². The molecule has 0 spiro atoms. The van der Waals surface area contributed by atoms with Gasteiger partial charge in [-0.3, -0.25) is 4.79 Å². The molecule has 0 aromatic heterocycles. The van der Waals surface area contributed by atoms with Crippen LogP contribution in [0.2, 0.25) is 0 Å². The van der Waals surface area contributed by atoms with Gasteiger partial charge in [0.15, 0.2) is 0 Å². The molecule has 0 saturated carbocycles. The Kier molecular flexibility index (Phi) is 6.69. The summed E-state index contributed by atoms with van der Waals surface area (Å²) >= 11 is 10.2. The number of hydrogen-bond donors (Lipinski definition) is 2. The maximum Gasteiger partial charge on any atom is 0.224 e. The zero-order chi connectivity index (χ0) is 12.8. The van der Waals surface area contributed by atoms with Crippen molar-refractivity contribution < 1.29 is 4.79 Å². The average molecular weight is 429 g/mol. The molecule has 1 aromatic carbocycles. The fraction of sp³-hybridized carbons (Fsp3) is 0.364. The molecule has 1 aromatic rings. The molecule has 0 bridgehead atoms. The van der Waals surface area contributed by atoms with Crippen LogP contribution < -0.4 is 11.1 Å². The number of hydrogen-bond acceptors (Lipinski definition) is 2. The molecule has 6 heteroatoms. The molecule has 1 rings (SSSR count). The summed E-state index contributed by atoms with van der Waals surface area (Å²) in [6, 6.07) is 3.78. The normalized spacial score (nSPS) is 10.4. The van der Waals surface area contributed by atoms with Crippen LogP contribution in [0.1, 0.15) is 19.3 Å². The Labute approximate surface area is 126 Å². The Hall–Kier alpha value is 0.0900. The van der Waals surface area contributed by atoms with Crippen molar-refractivity contribution in [3.63, 3.8) is 0 Å². The van der Waals surface area contributed by atoms with Crippen molar-refractivity contribution in [1.29, 1.82) is 0 Å². The number of rotatable bonds is 5. The minimum atomic E-state index is 0.00201. The van der Waals surface area contributed by atoms with Gasteiger partial charge in [0.25, 0.3) is 0 Å². The van der Waals surface area contributed by atoms with Crippen molar-refractivity contribution in [2.24, 2.45) is 5.73 Å². The SMILES string of the molecule is NCCCCC(=O)Nc1c(Br)cc(Br)cc1Br. The molecule has 3 N–H and O–H groups in total. The van der Waals surface area contributed by atoms with Gasteiger partial charge in [0.1, 0.15) is 0 Å².